The molecular weight excluding hydrogens is 354 g/mol. The Bertz CT molecular complexity index is 820. The third kappa shape index (κ3) is 4.04. The number of anilines is 1. The normalized spacial score (nSPS) is 14.9. The number of hydrogen-bond acceptors (Lipinski definition) is 5. The van der Waals surface area contributed by atoms with Gasteiger partial charge in [-0.2, -0.15) is 5.10 Å². The summed E-state index contributed by atoms with van der Waals surface area (Å²) in [5.74, 6) is 1.42. The lowest BCUT2D eigenvalue weighted by Crippen LogP contribution is -2.38. The number of benzene rings is 1. The zero-order valence-corrected chi connectivity index (χ0v) is 16.4. The van der Waals surface area contributed by atoms with Crippen molar-refractivity contribution in [3.63, 3.8) is 0 Å². The summed E-state index contributed by atoms with van der Waals surface area (Å²) < 4.78 is 7.53. The molecule has 0 radical (unpaired) electrons. The van der Waals surface area contributed by atoms with E-state index >= 15 is 0 Å². The summed E-state index contributed by atoms with van der Waals surface area (Å²) in [5.41, 5.74) is 15.0. The second-order valence-electron chi connectivity index (χ2n) is 6.99. The second-order valence-corrected chi connectivity index (χ2v) is 6.99. The van der Waals surface area contributed by atoms with Crippen molar-refractivity contribution >= 4 is 11.7 Å². The molecule has 1 saturated heterocycles. The predicted molar refractivity (Wildman–Crippen MR) is 111 cm³/mol. The summed E-state index contributed by atoms with van der Waals surface area (Å²) in [6.07, 6.45) is 3.94. The molecule has 1 fully saturated rings. The fourth-order valence-corrected chi connectivity index (χ4v) is 3.58. The van der Waals surface area contributed by atoms with E-state index in [1.807, 2.05) is 33.8 Å². The molecule has 1 aliphatic rings. The van der Waals surface area contributed by atoms with Crippen LogP contribution in [0.25, 0.3) is 11.3 Å². The van der Waals surface area contributed by atoms with Crippen LogP contribution in [-0.4, -0.2) is 40.3 Å². The van der Waals surface area contributed by atoms with E-state index in [1.54, 1.807) is 0 Å². The minimum Gasteiger partial charge on any atom is -0.494 e. The first-order chi connectivity index (χ1) is 13.6. The molecule has 7 nitrogen and oxygen atoms in total. The molecule has 0 spiro atoms. The van der Waals surface area contributed by atoms with E-state index in [4.69, 9.17) is 21.3 Å². The highest BCUT2D eigenvalue weighted by atomic mass is 16.5. The van der Waals surface area contributed by atoms with Crippen LogP contribution < -0.4 is 16.2 Å². The van der Waals surface area contributed by atoms with Gasteiger partial charge in [0, 0.05) is 30.8 Å². The van der Waals surface area contributed by atoms with E-state index in [1.165, 1.54) is 6.08 Å². The maximum Gasteiger partial charge on any atom is 0.245 e. The molecule has 1 aliphatic heterocycles. The molecule has 1 aromatic heterocycles. The van der Waals surface area contributed by atoms with Gasteiger partial charge in [0.05, 0.1) is 18.3 Å². The topological polar surface area (TPSA) is 99.4 Å². The van der Waals surface area contributed by atoms with Crippen LogP contribution in [0.15, 0.2) is 36.9 Å². The summed E-state index contributed by atoms with van der Waals surface area (Å²) in [4.78, 5) is 13.6. The highest BCUT2D eigenvalue weighted by Gasteiger charge is 2.26. The van der Waals surface area contributed by atoms with Gasteiger partial charge in [-0.25, -0.2) is 4.68 Å². The minimum absolute atomic E-state index is 0.0272. The average molecular weight is 383 g/mol. The summed E-state index contributed by atoms with van der Waals surface area (Å²) >= 11 is 0. The Balaban J connectivity index is 1.81. The molecule has 0 atom stereocenters. The molecule has 2 heterocycles. The minimum atomic E-state index is -0.0272. The number of carbonyl (C=O) groups excluding carboxylic acids is 1. The maximum absolute atomic E-state index is 11.8. The van der Waals surface area contributed by atoms with E-state index in [0.717, 1.165) is 41.8 Å². The maximum atomic E-state index is 11.8. The van der Waals surface area contributed by atoms with Crippen molar-refractivity contribution in [2.45, 2.75) is 38.8 Å². The first-order valence-corrected chi connectivity index (χ1v) is 9.80. The molecule has 3 rings (SSSR count). The van der Waals surface area contributed by atoms with Crippen LogP contribution in [0.3, 0.4) is 0 Å². The smallest absolute Gasteiger partial charge is 0.245 e. The number of hydrogen-bond donors (Lipinski definition) is 2. The Morgan fingerprint density at radius 3 is 2.57 bits per heavy atom. The number of nitrogens with two attached hydrogens (primary N) is 2. The van der Waals surface area contributed by atoms with Gasteiger partial charge in [0.15, 0.2) is 0 Å². The Hall–Kier alpha value is -2.80. The second kappa shape index (κ2) is 8.93. The number of nitrogen functional groups attached to an aromatic ring is 1. The Labute approximate surface area is 165 Å². The molecule has 1 amide bonds. The fraction of sp³-hybridized carbons (Fsp3) is 0.429. The third-order valence-corrected chi connectivity index (χ3v) is 5.15. The van der Waals surface area contributed by atoms with Crippen LogP contribution in [-0.2, 0) is 11.3 Å². The number of piperidine rings is 1. The van der Waals surface area contributed by atoms with Gasteiger partial charge >= 0.3 is 0 Å². The van der Waals surface area contributed by atoms with E-state index in [2.05, 4.69) is 13.5 Å². The molecule has 0 aliphatic carbocycles. The van der Waals surface area contributed by atoms with Crippen molar-refractivity contribution in [2.75, 3.05) is 25.4 Å². The highest BCUT2D eigenvalue weighted by Crippen LogP contribution is 2.33. The first-order valence-electron chi connectivity index (χ1n) is 9.80. The van der Waals surface area contributed by atoms with Gasteiger partial charge in [-0.05, 0) is 49.6 Å². The van der Waals surface area contributed by atoms with Crippen molar-refractivity contribution in [3.05, 3.63) is 42.5 Å². The van der Waals surface area contributed by atoms with Crippen molar-refractivity contribution in [1.29, 1.82) is 0 Å². The van der Waals surface area contributed by atoms with Gasteiger partial charge in [0.1, 0.15) is 11.6 Å². The highest BCUT2D eigenvalue weighted by molar-refractivity contribution is 5.87. The zero-order chi connectivity index (χ0) is 20.1. The Morgan fingerprint density at radius 1 is 1.32 bits per heavy atom. The van der Waals surface area contributed by atoms with Crippen molar-refractivity contribution in [2.24, 2.45) is 5.73 Å². The molecule has 0 saturated carbocycles. The van der Waals surface area contributed by atoms with Gasteiger partial charge in [-0.3, -0.25) is 4.79 Å². The van der Waals surface area contributed by atoms with Crippen LogP contribution in [0.4, 0.5) is 5.82 Å². The lowest BCUT2D eigenvalue weighted by Gasteiger charge is -2.31. The van der Waals surface area contributed by atoms with Gasteiger partial charge in [0.25, 0.3) is 0 Å². The zero-order valence-electron chi connectivity index (χ0n) is 16.4. The van der Waals surface area contributed by atoms with Gasteiger partial charge in [-0.1, -0.05) is 13.5 Å². The van der Waals surface area contributed by atoms with Crippen LogP contribution in [0, 0.1) is 0 Å². The molecule has 2 aromatic rings. The molecule has 7 heteroatoms. The van der Waals surface area contributed by atoms with Gasteiger partial charge < -0.3 is 21.1 Å². The number of rotatable bonds is 7. The van der Waals surface area contributed by atoms with Crippen LogP contribution in [0.5, 0.6) is 5.75 Å². The lowest BCUT2D eigenvalue weighted by atomic mass is 10.0. The SMILES string of the molecule is C=CC(=O)N1CCC(n2nc(-c3ccc(OCCC)cc3)c(CN)c2N)CC1. The van der Waals surface area contributed by atoms with E-state index in [9.17, 15) is 4.79 Å². The summed E-state index contributed by atoms with van der Waals surface area (Å²) in [7, 11) is 0. The van der Waals surface area contributed by atoms with Crippen molar-refractivity contribution < 1.29 is 9.53 Å². The number of likely N-dealkylation sites (tertiary alicyclic amines) is 1. The summed E-state index contributed by atoms with van der Waals surface area (Å²) in [6.45, 7) is 8.00. The third-order valence-electron chi connectivity index (χ3n) is 5.15. The van der Waals surface area contributed by atoms with Crippen LogP contribution in [0.1, 0.15) is 37.8 Å². The Kier molecular flexibility index (Phi) is 6.36. The monoisotopic (exact) mass is 383 g/mol. The summed E-state index contributed by atoms with van der Waals surface area (Å²) in [5, 5.41) is 4.80. The average Bonchev–Trinajstić information content (AvgIpc) is 3.08. The van der Waals surface area contributed by atoms with Crippen molar-refractivity contribution in [3.8, 4) is 17.0 Å². The molecule has 0 unspecified atom stereocenters. The fourth-order valence-electron chi connectivity index (χ4n) is 3.58. The molecular formula is C21H29N5O2. The standard InChI is InChI=1S/C21H29N5O2/c1-3-13-28-17-7-5-15(6-8-17)20-18(14-22)21(23)26(24-20)16-9-11-25(12-10-16)19(27)4-2/h4-8,16H,2-3,9-14,22-23H2,1H3. The van der Waals surface area contributed by atoms with E-state index in [-0.39, 0.29) is 11.9 Å². The molecule has 150 valence electrons. The van der Waals surface area contributed by atoms with Crippen LogP contribution in [0.2, 0.25) is 0 Å². The quantitative estimate of drug-likeness (QED) is 0.716. The lowest BCUT2D eigenvalue weighted by molar-refractivity contribution is -0.127. The Morgan fingerprint density at radius 2 is 2.00 bits per heavy atom. The number of carbonyl (C=O) groups is 1. The van der Waals surface area contributed by atoms with Crippen molar-refractivity contribution in [1.82, 2.24) is 14.7 Å². The largest absolute Gasteiger partial charge is 0.494 e. The first kappa shape index (κ1) is 19.9. The number of amides is 1. The molecule has 0 bridgehead atoms. The number of aromatic nitrogens is 2. The number of ether oxygens (including phenoxy) is 1. The predicted octanol–water partition coefficient (Wildman–Crippen LogP) is 2.73. The van der Waals surface area contributed by atoms with Gasteiger partial charge in [0.2, 0.25) is 5.91 Å². The molecule has 28 heavy (non-hydrogen) atoms. The molecule has 1 aromatic carbocycles. The van der Waals surface area contributed by atoms with E-state index in [0.29, 0.717) is 32.1 Å². The van der Waals surface area contributed by atoms with E-state index < -0.39 is 0 Å². The molecule has 4 N–H and O–H groups in total. The number of nitrogens with zero attached hydrogens (tertiary/aromatic N) is 3. The summed E-state index contributed by atoms with van der Waals surface area (Å²) in [6, 6.07) is 8.02. The van der Waals surface area contributed by atoms with Crippen LogP contribution >= 0.6 is 0 Å². The van der Waals surface area contributed by atoms with Gasteiger partial charge in [-0.15, -0.1) is 0 Å².